The van der Waals surface area contributed by atoms with Crippen LogP contribution in [0.3, 0.4) is 0 Å². The molecule has 0 radical (unpaired) electrons. The number of nitrogens with zero attached hydrogens (tertiary/aromatic N) is 1. The first kappa shape index (κ1) is 16.7. The minimum Gasteiger partial charge on any atom is -0.332 e. The Balaban J connectivity index is 2.13. The fourth-order valence-electron chi connectivity index (χ4n) is 1.80. The fraction of sp³-hybridized carbons (Fsp3) is 0.0714. The van der Waals surface area contributed by atoms with Crippen LogP contribution in [0, 0.1) is 10.1 Å². The quantitative estimate of drug-likeness (QED) is 0.491. The van der Waals surface area contributed by atoms with Crippen molar-refractivity contribution in [2.24, 2.45) is 0 Å². The minimum absolute atomic E-state index is 0.0568. The van der Waals surface area contributed by atoms with Gasteiger partial charge in [-0.25, -0.2) is 0 Å². The fourth-order valence-corrected chi connectivity index (χ4v) is 2.02. The Bertz CT molecular complexity index is 750. The Morgan fingerprint density at radius 1 is 1.09 bits per heavy atom. The molecule has 0 saturated heterocycles. The largest absolute Gasteiger partial charge is 0.416 e. The van der Waals surface area contributed by atoms with E-state index in [1.165, 1.54) is 30.3 Å². The van der Waals surface area contributed by atoms with Gasteiger partial charge in [-0.15, -0.1) is 0 Å². The van der Waals surface area contributed by atoms with E-state index < -0.39 is 16.7 Å². The molecule has 0 aliphatic heterocycles. The third-order valence-corrected chi connectivity index (χ3v) is 3.00. The summed E-state index contributed by atoms with van der Waals surface area (Å²) in [7, 11) is 0. The van der Waals surface area contributed by atoms with E-state index in [0.717, 1.165) is 12.1 Å². The molecule has 0 amide bonds. The molecule has 0 aromatic heterocycles. The molecule has 0 bridgehead atoms. The van der Waals surface area contributed by atoms with Crippen LogP contribution >= 0.6 is 12.2 Å². The molecular formula is C14H10F3N3O2S. The summed E-state index contributed by atoms with van der Waals surface area (Å²) in [6.45, 7) is 0. The number of rotatable bonds is 3. The summed E-state index contributed by atoms with van der Waals surface area (Å²) in [6.07, 6.45) is -4.47. The third-order valence-electron chi connectivity index (χ3n) is 2.80. The van der Waals surface area contributed by atoms with Gasteiger partial charge in [0.2, 0.25) is 0 Å². The van der Waals surface area contributed by atoms with Gasteiger partial charge in [0.15, 0.2) is 5.11 Å². The predicted molar refractivity (Wildman–Crippen MR) is 84.4 cm³/mol. The molecule has 0 aliphatic rings. The maximum absolute atomic E-state index is 12.6. The Morgan fingerprint density at radius 2 is 1.78 bits per heavy atom. The molecule has 2 N–H and O–H groups in total. The Labute approximate surface area is 134 Å². The minimum atomic E-state index is -4.47. The molecule has 0 unspecified atom stereocenters. The number of nitrogens with one attached hydrogen (secondary N) is 2. The zero-order valence-electron chi connectivity index (χ0n) is 11.4. The lowest BCUT2D eigenvalue weighted by molar-refractivity contribution is -0.383. The molecule has 0 heterocycles. The van der Waals surface area contributed by atoms with E-state index >= 15 is 0 Å². The van der Waals surface area contributed by atoms with Crippen LogP contribution in [0.15, 0.2) is 48.5 Å². The highest BCUT2D eigenvalue weighted by atomic mass is 32.1. The maximum Gasteiger partial charge on any atom is 0.416 e. The van der Waals surface area contributed by atoms with Gasteiger partial charge in [-0.1, -0.05) is 18.2 Å². The van der Waals surface area contributed by atoms with Crippen molar-refractivity contribution >= 4 is 34.4 Å². The van der Waals surface area contributed by atoms with Crippen molar-refractivity contribution in [1.82, 2.24) is 0 Å². The van der Waals surface area contributed by atoms with Gasteiger partial charge < -0.3 is 10.6 Å². The van der Waals surface area contributed by atoms with Gasteiger partial charge in [0.25, 0.3) is 5.69 Å². The normalized spacial score (nSPS) is 10.9. The number of alkyl halides is 3. The van der Waals surface area contributed by atoms with Crippen LogP contribution in [0.5, 0.6) is 0 Å². The number of para-hydroxylation sites is 2. The van der Waals surface area contributed by atoms with E-state index in [4.69, 9.17) is 12.2 Å². The van der Waals surface area contributed by atoms with Crippen LogP contribution in [0.1, 0.15) is 5.56 Å². The highest BCUT2D eigenvalue weighted by Crippen LogP contribution is 2.30. The van der Waals surface area contributed by atoms with Crippen molar-refractivity contribution in [3.8, 4) is 0 Å². The molecule has 0 fully saturated rings. The van der Waals surface area contributed by atoms with E-state index in [-0.39, 0.29) is 22.2 Å². The summed E-state index contributed by atoms with van der Waals surface area (Å²) in [4.78, 5) is 10.3. The summed E-state index contributed by atoms with van der Waals surface area (Å²) in [5.74, 6) is 0. The Hall–Kier alpha value is -2.68. The number of halogens is 3. The van der Waals surface area contributed by atoms with Crippen molar-refractivity contribution in [1.29, 1.82) is 0 Å². The van der Waals surface area contributed by atoms with Gasteiger partial charge in [-0.2, -0.15) is 13.2 Å². The summed E-state index contributed by atoms with van der Waals surface area (Å²) in [5.41, 5.74) is -0.755. The van der Waals surface area contributed by atoms with Crippen molar-refractivity contribution in [3.63, 3.8) is 0 Å². The highest BCUT2D eigenvalue weighted by molar-refractivity contribution is 7.80. The van der Waals surface area contributed by atoms with E-state index in [0.29, 0.717) is 0 Å². The van der Waals surface area contributed by atoms with Crippen LogP contribution in [0.25, 0.3) is 0 Å². The van der Waals surface area contributed by atoms with E-state index in [1.54, 1.807) is 6.07 Å². The number of hydrogen-bond donors (Lipinski definition) is 2. The number of benzene rings is 2. The lowest BCUT2D eigenvalue weighted by atomic mass is 10.2. The van der Waals surface area contributed by atoms with Gasteiger partial charge in [0, 0.05) is 11.8 Å². The lowest BCUT2D eigenvalue weighted by Crippen LogP contribution is -2.20. The number of anilines is 2. The topological polar surface area (TPSA) is 67.2 Å². The second-order valence-corrected chi connectivity index (χ2v) is 4.84. The zero-order valence-corrected chi connectivity index (χ0v) is 12.2. The van der Waals surface area contributed by atoms with Gasteiger partial charge in [-0.05, 0) is 36.5 Å². The molecule has 2 rings (SSSR count). The molecule has 23 heavy (non-hydrogen) atoms. The van der Waals surface area contributed by atoms with Crippen molar-refractivity contribution in [2.75, 3.05) is 10.6 Å². The monoisotopic (exact) mass is 341 g/mol. The number of thiocarbonyl (C=S) groups is 1. The second kappa shape index (κ2) is 6.61. The number of hydrogen-bond acceptors (Lipinski definition) is 3. The molecule has 9 heteroatoms. The van der Waals surface area contributed by atoms with Crippen molar-refractivity contribution < 1.29 is 18.1 Å². The van der Waals surface area contributed by atoms with Crippen LogP contribution in [-0.2, 0) is 6.18 Å². The van der Waals surface area contributed by atoms with E-state index in [1.807, 2.05) is 0 Å². The number of nitro groups is 1. The smallest absolute Gasteiger partial charge is 0.332 e. The first-order chi connectivity index (χ1) is 10.8. The van der Waals surface area contributed by atoms with E-state index in [9.17, 15) is 23.3 Å². The molecule has 0 spiro atoms. The first-order valence-corrected chi connectivity index (χ1v) is 6.67. The average molecular weight is 341 g/mol. The molecular weight excluding hydrogens is 331 g/mol. The standard InChI is InChI=1S/C14H10F3N3O2S/c15-14(16,17)9-4-3-5-10(8-9)18-13(23)19-11-6-1-2-7-12(11)20(21)22/h1-8H,(H2,18,19,23). The van der Waals surface area contributed by atoms with Crippen LogP contribution in [0.2, 0.25) is 0 Å². The van der Waals surface area contributed by atoms with Gasteiger partial charge in [-0.3, -0.25) is 10.1 Å². The highest BCUT2D eigenvalue weighted by Gasteiger charge is 2.30. The summed E-state index contributed by atoms with van der Waals surface area (Å²) in [6, 6.07) is 10.3. The van der Waals surface area contributed by atoms with Crippen LogP contribution in [-0.4, -0.2) is 10.0 Å². The van der Waals surface area contributed by atoms with Crippen LogP contribution < -0.4 is 10.6 Å². The molecule has 120 valence electrons. The zero-order chi connectivity index (χ0) is 17.0. The molecule has 2 aromatic rings. The molecule has 0 saturated carbocycles. The first-order valence-electron chi connectivity index (χ1n) is 6.26. The summed E-state index contributed by atoms with van der Waals surface area (Å²) in [5, 5.41) is 16.0. The maximum atomic E-state index is 12.6. The van der Waals surface area contributed by atoms with Crippen molar-refractivity contribution in [2.45, 2.75) is 6.18 Å². The molecule has 0 aliphatic carbocycles. The average Bonchev–Trinajstić information content (AvgIpc) is 2.46. The molecule has 5 nitrogen and oxygen atoms in total. The summed E-state index contributed by atoms with van der Waals surface area (Å²) >= 11 is 4.97. The Morgan fingerprint density at radius 3 is 2.43 bits per heavy atom. The lowest BCUT2D eigenvalue weighted by Gasteiger charge is -2.12. The van der Waals surface area contributed by atoms with E-state index in [2.05, 4.69) is 10.6 Å². The molecule has 0 atom stereocenters. The van der Waals surface area contributed by atoms with Gasteiger partial charge in [0.1, 0.15) is 5.69 Å². The van der Waals surface area contributed by atoms with Crippen molar-refractivity contribution in [3.05, 3.63) is 64.2 Å². The van der Waals surface area contributed by atoms with Gasteiger partial charge >= 0.3 is 6.18 Å². The van der Waals surface area contributed by atoms with Crippen LogP contribution in [0.4, 0.5) is 30.2 Å². The third kappa shape index (κ3) is 4.39. The Kier molecular flexibility index (Phi) is 4.80. The molecule has 2 aromatic carbocycles. The summed E-state index contributed by atoms with van der Waals surface area (Å²) < 4.78 is 37.9. The SMILES string of the molecule is O=[N+]([O-])c1ccccc1NC(=S)Nc1cccc(C(F)(F)F)c1. The number of nitro benzene ring substituents is 1. The van der Waals surface area contributed by atoms with Gasteiger partial charge in [0.05, 0.1) is 10.5 Å². The predicted octanol–water partition coefficient (Wildman–Crippen LogP) is 4.42. The second-order valence-electron chi connectivity index (χ2n) is 4.43.